The molecule has 304 valence electrons. The number of rotatable bonds is 11. The second kappa shape index (κ2) is 16.1. The average Bonchev–Trinajstić information content (AvgIpc) is 3.68. The van der Waals surface area contributed by atoms with Gasteiger partial charge in [-0.2, -0.15) is 0 Å². The summed E-state index contributed by atoms with van der Waals surface area (Å²) in [5, 5.41) is 14.7. The molecular weight excluding hydrogens is 759 g/mol. The van der Waals surface area contributed by atoms with Gasteiger partial charge in [0.25, 0.3) is 11.8 Å². The fourth-order valence-electron chi connectivity index (χ4n) is 9.83. The lowest BCUT2D eigenvalue weighted by Gasteiger charge is -2.39. The van der Waals surface area contributed by atoms with E-state index in [9.17, 15) is 14.7 Å². The van der Waals surface area contributed by atoms with Gasteiger partial charge in [-0.3, -0.25) is 14.4 Å². The van der Waals surface area contributed by atoms with Crippen molar-refractivity contribution >= 4 is 42.4 Å². The monoisotopic (exact) mass is 809 g/mol. The molecule has 5 atom stereocenters. The van der Waals surface area contributed by atoms with Gasteiger partial charge in [-0.05, 0) is 83.2 Å². The van der Waals surface area contributed by atoms with E-state index in [2.05, 4.69) is 43.5 Å². The van der Waals surface area contributed by atoms with Crippen molar-refractivity contribution in [3.8, 4) is 11.5 Å². The minimum atomic E-state index is -2.52. The quantitative estimate of drug-likeness (QED) is 0.137. The minimum absolute atomic E-state index is 0.0768. The number of ether oxygens (including phenoxy) is 3. The summed E-state index contributed by atoms with van der Waals surface area (Å²) in [4.78, 5) is 46.7. The van der Waals surface area contributed by atoms with E-state index < -0.39 is 19.8 Å². The molecule has 5 aromatic carbocycles. The van der Waals surface area contributed by atoms with E-state index >= 15 is 4.79 Å². The third-order valence-electron chi connectivity index (χ3n) is 12.9. The molecule has 3 aliphatic rings. The first kappa shape index (κ1) is 40.0. The Bertz CT molecular complexity index is 2370. The molecule has 11 heteroatoms. The Morgan fingerprint density at radius 1 is 0.864 bits per heavy atom. The number of methoxy groups -OCH3 is 2. The molecule has 0 bridgehead atoms. The zero-order valence-electron chi connectivity index (χ0n) is 34.2. The minimum Gasteiger partial charge on any atom is -0.497 e. The molecule has 3 heterocycles. The highest BCUT2D eigenvalue weighted by Gasteiger charge is 2.66. The lowest BCUT2D eigenvalue weighted by atomic mass is 9.82. The molecule has 1 fully saturated rings. The Labute approximate surface area is 346 Å². The molecule has 1 saturated heterocycles. The highest BCUT2D eigenvalue weighted by Crippen LogP contribution is 2.60. The lowest BCUT2D eigenvalue weighted by Crippen LogP contribution is -2.52. The van der Waals surface area contributed by atoms with E-state index in [1.54, 1.807) is 48.3 Å². The summed E-state index contributed by atoms with van der Waals surface area (Å²) in [7, 11) is 0.709. The Morgan fingerprint density at radius 2 is 1.53 bits per heavy atom. The van der Waals surface area contributed by atoms with Crippen LogP contribution in [0.1, 0.15) is 46.0 Å². The van der Waals surface area contributed by atoms with E-state index in [0.29, 0.717) is 30.0 Å². The van der Waals surface area contributed by atoms with E-state index in [-0.39, 0.29) is 54.8 Å². The molecule has 0 unspecified atom stereocenters. The zero-order chi connectivity index (χ0) is 41.5. The van der Waals surface area contributed by atoms with Crippen LogP contribution in [0.3, 0.4) is 0 Å². The Balaban J connectivity index is 1.12. The first-order valence-corrected chi connectivity index (χ1v) is 23.3. The fraction of sp³-hybridized carbons (Fsp3) is 0.312. The summed E-state index contributed by atoms with van der Waals surface area (Å²) in [6.45, 7) is 7.24. The van der Waals surface area contributed by atoms with Gasteiger partial charge >= 0.3 is 0 Å². The number of aliphatic hydroxyl groups excluding tert-OH is 1. The molecule has 0 aromatic heterocycles. The molecule has 0 saturated carbocycles. The standard InChI is InChI=1S/C48H51N3O7Si/c1-31-45(59(4,5)40-23-21-39(57-3)22-24-40)43(27-44(53)50-29-35-13-7-6-12-34(35)26-37(50)30-52)58-48(31)41-15-8-9-16-42(41)51(47(48)55)28-32-11-10-14-36(25-32)49-46(54)33-17-19-38(56-2)20-18-33/h6-25,31,37,43,45,52H,26-30H2,1-5H3,(H,49,54)/t31-,37-,43+,45-,48+/m0/s1. The van der Waals surface area contributed by atoms with E-state index in [1.165, 1.54) is 5.19 Å². The smallest absolute Gasteiger partial charge is 0.264 e. The van der Waals surface area contributed by atoms with E-state index in [1.807, 2.05) is 78.9 Å². The number of carbonyl (C=O) groups excluding carboxylic acids is 3. The van der Waals surface area contributed by atoms with Crippen LogP contribution in [0.2, 0.25) is 18.6 Å². The largest absolute Gasteiger partial charge is 0.497 e. The number of amides is 3. The molecule has 0 radical (unpaired) electrons. The van der Waals surface area contributed by atoms with Crippen LogP contribution >= 0.6 is 0 Å². The van der Waals surface area contributed by atoms with Gasteiger partial charge in [0.2, 0.25) is 5.91 Å². The first-order chi connectivity index (χ1) is 28.5. The molecule has 3 amide bonds. The van der Waals surface area contributed by atoms with Gasteiger partial charge in [0.05, 0.1) is 59.7 Å². The van der Waals surface area contributed by atoms with Crippen molar-refractivity contribution in [2.75, 3.05) is 31.0 Å². The summed E-state index contributed by atoms with van der Waals surface area (Å²) in [6.07, 6.45) is 0.0756. The predicted molar refractivity (Wildman–Crippen MR) is 231 cm³/mol. The van der Waals surface area contributed by atoms with Crippen LogP contribution in [-0.2, 0) is 39.4 Å². The highest BCUT2D eigenvalue weighted by molar-refractivity contribution is 6.91. The van der Waals surface area contributed by atoms with Crippen molar-refractivity contribution in [2.24, 2.45) is 5.92 Å². The molecular formula is C48H51N3O7Si. The lowest BCUT2D eigenvalue weighted by molar-refractivity contribution is -0.151. The molecule has 1 spiro atoms. The second-order valence-corrected chi connectivity index (χ2v) is 21.2. The van der Waals surface area contributed by atoms with Crippen molar-refractivity contribution in [3.05, 3.63) is 149 Å². The summed E-state index contributed by atoms with van der Waals surface area (Å²) in [5.74, 6) is 0.608. The second-order valence-electron chi connectivity index (χ2n) is 16.5. The van der Waals surface area contributed by atoms with Crippen molar-refractivity contribution in [2.45, 2.75) is 69.2 Å². The predicted octanol–water partition coefficient (Wildman–Crippen LogP) is 7.05. The number of carbonyl (C=O) groups is 3. The number of hydrogen-bond donors (Lipinski definition) is 2. The zero-order valence-corrected chi connectivity index (χ0v) is 35.2. The molecule has 8 rings (SSSR count). The number of para-hydroxylation sites is 1. The van der Waals surface area contributed by atoms with Gasteiger partial charge in [-0.25, -0.2) is 0 Å². The van der Waals surface area contributed by atoms with Crippen molar-refractivity contribution in [3.63, 3.8) is 0 Å². The van der Waals surface area contributed by atoms with Crippen LogP contribution in [-0.4, -0.2) is 68.8 Å². The van der Waals surface area contributed by atoms with Gasteiger partial charge in [0.15, 0.2) is 5.60 Å². The van der Waals surface area contributed by atoms with Crippen molar-refractivity contribution in [1.29, 1.82) is 0 Å². The van der Waals surface area contributed by atoms with Gasteiger partial charge in [-0.1, -0.05) is 91.9 Å². The van der Waals surface area contributed by atoms with Crippen LogP contribution < -0.4 is 24.9 Å². The fourth-order valence-corrected chi connectivity index (χ4v) is 13.8. The molecule has 2 N–H and O–H groups in total. The van der Waals surface area contributed by atoms with E-state index in [0.717, 1.165) is 33.7 Å². The number of aliphatic hydroxyl groups is 1. The van der Waals surface area contributed by atoms with Gasteiger partial charge in [0, 0.05) is 29.3 Å². The maximum atomic E-state index is 15.4. The summed E-state index contributed by atoms with van der Waals surface area (Å²) in [6, 6.07) is 38.2. The number of fused-ring (bicyclic) bond motifs is 3. The van der Waals surface area contributed by atoms with Crippen LogP contribution in [0.5, 0.6) is 11.5 Å². The number of hydrogen-bond acceptors (Lipinski definition) is 7. The normalized spacial score (nSPS) is 22.2. The number of benzene rings is 5. The maximum absolute atomic E-state index is 15.4. The number of nitrogens with zero attached hydrogens (tertiary/aromatic N) is 2. The van der Waals surface area contributed by atoms with Crippen LogP contribution in [0, 0.1) is 5.92 Å². The Hall–Kier alpha value is -5.75. The third-order valence-corrected chi connectivity index (χ3v) is 17.2. The van der Waals surface area contributed by atoms with E-state index in [4.69, 9.17) is 14.2 Å². The van der Waals surface area contributed by atoms with Gasteiger partial charge in [-0.15, -0.1) is 0 Å². The first-order valence-electron chi connectivity index (χ1n) is 20.2. The number of anilines is 2. The van der Waals surface area contributed by atoms with Crippen molar-refractivity contribution in [1.82, 2.24) is 4.90 Å². The molecule has 59 heavy (non-hydrogen) atoms. The maximum Gasteiger partial charge on any atom is 0.264 e. The molecule has 0 aliphatic carbocycles. The van der Waals surface area contributed by atoms with Crippen LogP contribution in [0.15, 0.2) is 121 Å². The Kier molecular flexibility index (Phi) is 10.9. The van der Waals surface area contributed by atoms with Gasteiger partial charge in [0.1, 0.15) is 11.5 Å². The average molecular weight is 810 g/mol. The highest BCUT2D eigenvalue weighted by atomic mass is 28.3. The third kappa shape index (κ3) is 7.21. The van der Waals surface area contributed by atoms with Crippen LogP contribution in [0.4, 0.5) is 11.4 Å². The Morgan fingerprint density at radius 3 is 2.22 bits per heavy atom. The van der Waals surface area contributed by atoms with Gasteiger partial charge < -0.3 is 34.4 Å². The summed E-state index contributed by atoms with van der Waals surface area (Å²) < 4.78 is 18.0. The topological polar surface area (TPSA) is 118 Å². The summed E-state index contributed by atoms with van der Waals surface area (Å²) in [5.41, 5.74) is 4.23. The SMILES string of the molecule is COc1ccc(C(=O)Nc2cccc(CN3C(=O)[C@]4(O[C@H](CC(=O)N5Cc6ccccc6C[C@H]5CO)[C@@H]([Si](C)(C)c5ccc(OC)cc5)[C@@H]4C)c4ccccc43)c2)cc1. The van der Waals surface area contributed by atoms with Crippen molar-refractivity contribution < 1.29 is 33.7 Å². The summed E-state index contributed by atoms with van der Waals surface area (Å²) >= 11 is 0. The molecule has 5 aromatic rings. The molecule has 3 aliphatic heterocycles. The molecule has 10 nitrogen and oxygen atoms in total. The number of nitrogens with one attached hydrogen (secondary N) is 1. The van der Waals surface area contributed by atoms with Crippen LogP contribution in [0.25, 0.3) is 0 Å².